The lowest BCUT2D eigenvalue weighted by Crippen LogP contribution is -2.05. The van der Waals surface area contributed by atoms with Crippen LogP contribution in [-0.2, 0) is 6.42 Å². The van der Waals surface area contributed by atoms with Crippen LogP contribution in [0, 0.1) is 12.7 Å². The average Bonchev–Trinajstić information content (AvgIpc) is 2.63. The summed E-state index contributed by atoms with van der Waals surface area (Å²) in [4.78, 5) is 4.36. The van der Waals surface area contributed by atoms with Gasteiger partial charge in [-0.1, -0.05) is 0 Å². The molecule has 90 valence electrons. The number of benzene rings is 1. The van der Waals surface area contributed by atoms with Gasteiger partial charge in [0.05, 0.1) is 10.7 Å². The highest BCUT2D eigenvalue weighted by Gasteiger charge is 2.00. The molecule has 0 aliphatic rings. The van der Waals surface area contributed by atoms with E-state index in [2.05, 4.69) is 10.3 Å². The monoisotopic (exact) mass is 251 g/mol. The van der Waals surface area contributed by atoms with E-state index in [1.807, 2.05) is 12.3 Å². The highest BCUT2D eigenvalue weighted by atomic mass is 32.1. The zero-order valence-corrected chi connectivity index (χ0v) is 10.4. The highest BCUT2D eigenvalue weighted by molar-refractivity contribution is 7.09. The van der Waals surface area contributed by atoms with Gasteiger partial charge in [0, 0.05) is 29.7 Å². The van der Waals surface area contributed by atoms with Crippen molar-refractivity contribution >= 4 is 22.7 Å². The number of nitrogens with two attached hydrogens (primary N) is 1. The quantitative estimate of drug-likeness (QED) is 0.821. The average molecular weight is 251 g/mol. The maximum absolute atomic E-state index is 13.1. The molecule has 0 amide bonds. The molecule has 3 nitrogen and oxygen atoms in total. The van der Waals surface area contributed by atoms with Gasteiger partial charge in [0.15, 0.2) is 0 Å². The van der Waals surface area contributed by atoms with Crippen LogP contribution in [0.5, 0.6) is 0 Å². The first kappa shape index (κ1) is 11.9. The number of rotatable bonds is 4. The molecule has 2 aromatic rings. The van der Waals surface area contributed by atoms with Crippen molar-refractivity contribution in [2.24, 2.45) is 0 Å². The molecule has 0 atom stereocenters. The predicted molar refractivity (Wildman–Crippen MR) is 69.9 cm³/mol. The molecule has 0 aliphatic carbocycles. The number of aryl methyl sites for hydroxylation is 1. The van der Waals surface area contributed by atoms with Crippen LogP contribution >= 0.6 is 11.3 Å². The summed E-state index contributed by atoms with van der Waals surface area (Å²) in [6.07, 6.45) is 0.820. The largest absolute Gasteiger partial charge is 0.399 e. The van der Waals surface area contributed by atoms with E-state index >= 15 is 0 Å². The molecule has 17 heavy (non-hydrogen) atoms. The van der Waals surface area contributed by atoms with E-state index in [-0.39, 0.29) is 5.82 Å². The van der Waals surface area contributed by atoms with Crippen molar-refractivity contribution < 1.29 is 4.39 Å². The summed E-state index contributed by atoms with van der Waals surface area (Å²) < 4.78 is 13.1. The second kappa shape index (κ2) is 5.14. The zero-order chi connectivity index (χ0) is 12.3. The van der Waals surface area contributed by atoms with Crippen LogP contribution in [0.15, 0.2) is 23.6 Å². The van der Waals surface area contributed by atoms with Gasteiger partial charge < -0.3 is 11.1 Å². The van der Waals surface area contributed by atoms with Crippen molar-refractivity contribution in [2.45, 2.75) is 13.3 Å². The Kier molecular flexibility index (Phi) is 3.58. The fourth-order valence-electron chi connectivity index (χ4n) is 1.57. The lowest BCUT2D eigenvalue weighted by molar-refractivity contribution is 0.629. The zero-order valence-electron chi connectivity index (χ0n) is 9.53. The highest BCUT2D eigenvalue weighted by Crippen LogP contribution is 2.15. The summed E-state index contributed by atoms with van der Waals surface area (Å²) in [5.74, 6) is -0.322. The van der Waals surface area contributed by atoms with Gasteiger partial charge >= 0.3 is 0 Å². The van der Waals surface area contributed by atoms with Gasteiger partial charge in [0.25, 0.3) is 0 Å². The number of anilines is 2. The molecular weight excluding hydrogens is 237 g/mol. The smallest absolute Gasteiger partial charge is 0.127 e. The standard InChI is InChI=1S/C12H14FN3S/c1-8-16-11(7-17-8)2-3-15-12-5-9(13)4-10(14)6-12/h4-7,15H,2-3,14H2,1H3. The fraction of sp³-hybridized carbons (Fsp3) is 0.250. The fourth-order valence-corrected chi connectivity index (χ4v) is 2.22. The molecule has 2 rings (SSSR count). The molecule has 1 aromatic carbocycles. The second-order valence-electron chi connectivity index (χ2n) is 3.81. The minimum atomic E-state index is -0.322. The summed E-state index contributed by atoms with van der Waals surface area (Å²) in [5.41, 5.74) is 7.75. The van der Waals surface area contributed by atoms with E-state index in [0.29, 0.717) is 17.9 Å². The van der Waals surface area contributed by atoms with Crippen LogP contribution in [0.25, 0.3) is 0 Å². The van der Waals surface area contributed by atoms with Crippen molar-refractivity contribution in [3.8, 4) is 0 Å². The number of thiazole rings is 1. The topological polar surface area (TPSA) is 50.9 Å². The molecule has 0 aliphatic heterocycles. The van der Waals surface area contributed by atoms with E-state index < -0.39 is 0 Å². The maximum Gasteiger partial charge on any atom is 0.127 e. The predicted octanol–water partition coefficient (Wildman–Crippen LogP) is 2.83. The SMILES string of the molecule is Cc1nc(CCNc2cc(N)cc(F)c2)cs1. The molecule has 5 heteroatoms. The van der Waals surface area contributed by atoms with Crippen LogP contribution in [0.4, 0.5) is 15.8 Å². The minimum absolute atomic E-state index is 0.322. The van der Waals surface area contributed by atoms with E-state index in [0.717, 1.165) is 17.1 Å². The van der Waals surface area contributed by atoms with Gasteiger partial charge in [-0.2, -0.15) is 0 Å². The molecular formula is C12H14FN3S. The molecule has 0 unspecified atom stereocenters. The van der Waals surface area contributed by atoms with Crippen molar-refractivity contribution in [3.63, 3.8) is 0 Å². The van der Waals surface area contributed by atoms with Crippen molar-refractivity contribution in [1.82, 2.24) is 4.98 Å². The molecule has 3 N–H and O–H groups in total. The summed E-state index contributed by atoms with van der Waals surface area (Å²) in [5, 5.41) is 6.23. The molecule has 0 saturated heterocycles. The van der Waals surface area contributed by atoms with Crippen LogP contribution in [0.2, 0.25) is 0 Å². The van der Waals surface area contributed by atoms with Gasteiger partial charge in [-0.25, -0.2) is 9.37 Å². The first-order chi connectivity index (χ1) is 8.13. The molecule has 0 bridgehead atoms. The second-order valence-corrected chi connectivity index (χ2v) is 4.87. The number of hydrogen-bond donors (Lipinski definition) is 2. The third-order valence-corrected chi connectivity index (χ3v) is 3.12. The van der Waals surface area contributed by atoms with E-state index in [4.69, 9.17) is 5.73 Å². The Hall–Kier alpha value is -1.62. The summed E-state index contributed by atoms with van der Waals surface area (Å²) in [6, 6.07) is 4.45. The third-order valence-electron chi connectivity index (χ3n) is 2.30. The number of aromatic nitrogens is 1. The molecule has 0 spiro atoms. The number of hydrogen-bond acceptors (Lipinski definition) is 4. The van der Waals surface area contributed by atoms with Gasteiger partial charge in [-0.05, 0) is 25.1 Å². The van der Waals surface area contributed by atoms with E-state index in [1.165, 1.54) is 12.1 Å². The van der Waals surface area contributed by atoms with E-state index in [1.54, 1.807) is 17.4 Å². The molecule has 1 heterocycles. The Morgan fingerprint density at radius 2 is 2.24 bits per heavy atom. The van der Waals surface area contributed by atoms with Crippen LogP contribution in [-0.4, -0.2) is 11.5 Å². The first-order valence-electron chi connectivity index (χ1n) is 5.34. The number of nitrogens with one attached hydrogen (secondary N) is 1. The first-order valence-corrected chi connectivity index (χ1v) is 6.22. The molecule has 0 saturated carbocycles. The van der Waals surface area contributed by atoms with Gasteiger partial charge in [-0.3, -0.25) is 0 Å². The Bertz CT molecular complexity index is 490. The van der Waals surface area contributed by atoms with Crippen molar-refractivity contribution in [1.29, 1.82) is 0 Å². The molecule has 0 radical (unpaired) electrons. The van der Waals surface area contributed by atoms with Crippen molar-refractivity contribution in [3.05, 3.63) is 40.1 Å². The van der Waals surface area contributed by atoms with Crippen LogP contribution < -0.4 is 11.1 Å². The summed E-state index contributed by atoms with van der Waals surface area (Å²) in [7, 11) is 0. The summed E-state index contributed by atoms with van der Waals surface area (Å²) in [6.45, 7) is 2.70. The number of nitrogens with zero attached hydrogens (tertiary/aromatic N) is 1. The van der Waals surface area contributed by atoms with Gasteiger partial charge in [0.1, 0.15) is 5.82 Å². The Balaban J connectivity index is 1.89. The Morgan fingerprint density at radius 3 is 2.88 bits per heavy atom. The van der Waals surface area contributed by atoms with Crippen LogP contribution in [0.3, 0.4) is 0 Å². The minimum Gasteiger partial charge on any atom is -0.399 e. The summed E-state index contributed by atoms with van der Waals surface area (Å²) >= 11 is 1.64. The molecule has 0 fully saturated rings. The third kappa shape index (κ3) is 3.42. The Morgan fingerprint density at radius 1 is 1.41 bits per heavy atom. The number of halogens is 1. The van der Waals surface area contributed by atoms with Crippen LogP contribution in [0.1, 0.15) is 10.7 Å². The van der Waals surface area contributed by atoms with Crippen molar-refractivity contribution in [2.75, 3.05) is 17.6 Å². The Labute approximate surface area is 103 Å². The van der Waals surface area contributed by atoms with Gasteiger partial charge in [0.2, 0.25) is 0 Å². The lowest BCUT2D eigenvalue weighted by atomic mass is 10.2. The maximum atomic E-state index is 13.1. The normalized spacial score (nSPS) is 10.5. The van der Waals surface area contributed by atoms with Gasteiger partial charge in [-0.15, -0.1) is 11.3 Å². The number of nitrogen functional groups attached to an aromatic ring is 1. The molecule has 1 aromatic heterocycles. The lowest BCUT2D eigenvalue weighted by Gasteiger charge is -2.06. The van der Waals surface area contributed by atoms with E-state index in [9.17, 15) is 4.39 Å².